The molecule has 4 heteroatoms. The van der Waals surface area contributed by atoms with Crippen LogP contribution in [0.3, 0.4) is 0 Å². The fourth-order valence-corrected chi connectivity index (χ4v) is 2.64. The molecule has 0 aromatic heterocycles. The first-order valence-electron chi connectivity index (χ1n) is 5.66. The first-order valence-corrected chi connectivity index (χ1v) is 5.66. The van der Waals surface area contributed by atoms with Crippen LogP contribution in [0, 0.1) is 5.92 Å². The third-order valence-corrected chi connectivity index (χ3v) is 3.48. The molecule has 1 nitrogen and oxygen atoms in total. The molecule has 1 fully saturated rings. The molecule has 0 saturated heterocycles. The van der Waals surface area contributed by atoms with Gasteiger partial charge in [0.1, 0.15) is 0 Å². The first kappa shape index (κ1) is 12.8. The summed E-state index contributed by atoms with van der Waals surface area (Å²) in [4.78, 5) is 0. The van der Waals surface area contributed by atoms with Gasteiger partial charge >= 0.3 is 6.18 Å². The van der Waals surface area contributed by atoms with Gasteiger partial charge in [-0.2, -0.15) is 13.2 Å². The standard InChI is InChI=1S/C11H19F3O/c1-2-9-5-3-6-10(9,15)7-4-8-11(12,13)14/h9,15H,2-8H2,1H3. The van der Waals surface area contributed by atoms with E-state index in [0.717, 1.165) is 19.3 Å². The van der Waals surface area contributed by atoms with E-state index in [0.29, 0.717) is 12.8 Å². The number of hydrogen-bond acceptors (Lipinski definition) is 1. The van der Waals surface area contributed by atoms with Gasteiger partial charge in [-0.3, -0.25) is 0 Å². The molecule has 1 aliphatic carbocycles. The minimum Gasteiger partial charge on any atom is -0.390 e. The molecule has 1 N–H and O–H groups in total. The molecule has 0 aromatic carbocycles. The van der Waals surface area contributed by atoms with E-state index in [2.05, 4.69) is 0 Å². The molecule has 1 aliphatic rings. The number of rotatable bonds is 4. The predicted molar refractivity (Wildman–Crippen MR) is 52.5 cm³/mol. The van der Waals surface area contributed by atoms with Crippen LogP contribution in [-0.2, 0) is 0 Å². The second-order valence-electron chi connectivity index (χ2n) is 4.57. The van der Waals surface area contributed by atoms with Gasteiger partial charge in [-0.05, 0) is 31.6 Å². The number of aliphatic hydroxyl groups is 1. The van der Waals surface area contributed by atoms with Gasteiger partial charge in [-0.25, -0.2) is 0 Å². The molecule has 0 radical (unpaired) electrons. The van der Waals surface area contributed by atoms with Crippen molar-refractivity contribution in [3.63, 3.8) is 0 Å². The molecule has 15 heavy (non-hydrogen) atoms. The highest BCUT2D eigenvalue weighted by Crippen LogP contribution is 2.41. The zero-order chi connectivity index (χ0) is 11.5. The van der Waals surface area contributed by atoms with Gasteiger partial charge in [0.2, 0.25) is 0 Å². The van der Waals surface area contributed by atoms with E-state index in [-0.39, 0.29) is 12.3 Å². The van der Waals surface area contributed by atoms with Crippen LogP contribution in [0.4, 0.5) is 13.2 Å². The Labute approximate surface area is 88.7 Å². The van der Waals surface area contributed by atoms with Crippen LogP contribution in [0.15, 0.2) is 0 Å². The Bertz CT molecular complexity index is 202. The van der Waals surface area contributed by atoms with Crippen molar-refractivity contribution in [1.29, 1.82) is 0 Å². The second kappa shape index (κ2) is 4.73. The summed E-state index contributed by atoms with van der Waals surface area (Å²) in [6, 6.07) is 0. The summed E-state index contributed by atoms with van der Waals surface area (Å²) >= 11 is 0. The fourth-order valence-electron chi connectivity index (χ4n) is 2.64. The molecule has 0 aromatic rings. The van der Waals surface area contributed by atoms with E-state index in [9.17, 15) is 18.3 Å². The molecule has 0 amide bonds. The van der Waals surface area contributed by atoms with Crippen molar-refractivity contribution in [1.82, 2.24) is 0 Å². The number of hydrogen-bond donors (Lipinski definition) is 1. The van der Waals surface area contributed by atoms with E-state index in [1.807, 2.05) is 6.92 Å². The van der Waals surface area contributed by atoms with E-state index >= 15 is 0 Å². The van der Waals surface area contributed by atoms with Crippen LogP contribution in [-0.4, -0.2) is 16.9 Å². The van der Waals surface area contributed by atoms with Gasteiger partial charge in [0, 0.05) is 6.42 Å². The molecule has 0 aliphatic heterocycles. The smallest absolute Gasteiger partial charge is 0.389 e. The van der Waals surface area contributed by atoms with Gasteiger partial charge in [-0.15, -0.1) is 0 Å². The average Bonchev–Trinajstić information content (AvgIpc) is 2.44. The summed E-state index contributed by atoms with van der Waals surface area (Å²) < 4.78 is 35.9. The van der Waals surface area contributed by atoms with Crippen molar-refractivity contribution in [3.8, 4) is 0 Å². The van der Waals surface area contributed by atoms with Crippen LogP contribution in [0.5, 0.6) is 0 Å². The van der Waals surface area contributed by atoms with E-state index in [1.54, 1.807) is 0 Å². The zero-order valence-corrected chi connectivity index (χ0v) is 9.11. The lowest BCUT2D eigenvalue weighted by molar-refractivity contribution is -0.138. The highest BCUT2D eigenvalue weighted by atomic mass is 19.4. The van der Waals surface area contributed by atoms with Crippen LogP contribution in [0.1, 0.15) is 51.9 Å². The Kier molecular flexibility index (Phi) is 4.04. The largest absolute Gasteiger partial charge is 0.390 e. The highest BCUT2D eigenvalue weighted by Gasteiger charge is 2.40. The van der Waals surface area contributed by atoms with Gasteiger partial charge in [0.25, 0.3) is 0 Å². The lowest BCUT2D eigenvalue weighted by Crippen LogP contribution is -2.33. The molecular formula is C11H19F3O. The lowest BCUT2D eigenvalue weighted by Gasteiger charge is -2.29. The van der Waals surface area contributed by atoms with Gasteiger partial charge < -0.3 is 5.11 Å². The topological polar surface area (TPSA) is 20.2 Å². The van der Waals surface area contributed by atoms with Crippen molar-refractivity contribution < 1.29 is 18.3 Å². The number of halogens is 3. The Morgan fingerprint density at radius 1 is 1.40 bits per heavy atom. The minimum absolute atomic E-state index is 0.0521. The maximum absolute atomic E-state index is 12.0. The molecule has 90 valence electrons. The molecule has 2 unspecified atom stereocenters. The Morgan fingerprint density at radius 2 is 2.07 bits per heavy atom. The SMILES string of the molecule is CCC1CCCC1(O)CCCC(F)(F)F. The minimum atomic E-state index is -4.09. The third kappa shape index (κ3) is 3.67. The summed E-state index contributed by atoms with van der Waals surface area (Å²) in [6.45, 7) is 1.99. The maximum atomic E-state index is 12.0. The Hall–Kier alpha value is -0.250. The molecule has 0 heterocycles. The van der Waals surface area contributed by atoms with Gasteiger partial charge in [0.15, 0.2) is 0 Å². The van der Waals surface area contributed by atoms with Gasteiger partial charge in [0.05, 0.1) is 5.60 Å². The summed E-state index contributed by atoms with van der Waals surface area (Å²) in [5, 5.41) is 10.2. The molecule has 2 atom stereocenters. The van der Waals surface area contributed by atoms with Crippen LogP contribution in [0.25, 0.3) is 0 Å². The lowest BCUT2D eigenvalue weighted by atomic mass is 9.84. The van der Waals surface area contributed by atoms with E-state index in [4.69, 9.17) is 0 Å². The Morgan fingerprint density at radius 3 is 2.60 bits per heavy atom. The first-order chi connectivity index (χ1) is 6.87. The Balaban J connectivity index is 2.36. The average molecular weight is 224 g/mol. The summed E-state index contributed by atoms with van der Waals surface area (Å²) in [6.07, 6.45) is -1.07. The molecule has 1 saturated carbocycles. The normalized spacial score (nSPS) is 32.2. The van der Waals surface area contributed by atoms with Gasteiger partial charge in [-0.1, -0.05) is 19.8 Å². The van der Waals surface area contributed by atoms with Crippen molar-refractivity contribution in [3.05, 3.63) is 0 Å². The molecule has 0 bridgehead atoms. The van der Waals surface area contributed by atoms with Crippen molar-refractivity contribution in [2.75, 3.05) is 0 Å². The zero-order valence-electron chi connectivity index (χ0n) is 9.11. The van der Waals surface area contributed by atoms with Crippen molar-refractivity contribution >= 4 is 0 Å². The quantitative estimate of drug-likeness (QED) is 0.772. The van der Waals surface area contributed by atoms with Crippen LogP contribution < -0.4 is 0 Å². The monoisotopic (exact) mass is 224 g/mol. The van der Waals surface area contributed by atoms with E-state index in [1.165, 1.54) is 0 Å². The second-order valence-corrected chi connectivity index (χ2v) is 4.57. The maximum Gasteiger partial charge on any atom is 0.389 e. The number of alkyl halides is 3. The fraction of sp³-hybridized carbons (Fsp3) is 1.00. The summed E-state index contributed by atoms with van der Waals surface area (Å²) in [5.74, 6) is 0.200. The molecule has 0 spiro atoms. The predicted octanol–water partition coefficient (Wildman–Crippen LogP) is 3.66. The van der Waals surface area contributed by atoms with Crippen LogP contribution in [0.2, 0.25) is 0 Å². The summed E-state index contributed by atoms with van der Waals surface area (Å²) in [5.41, 5.74) is -0.819. The summed E-state index contributed by atoms with van der Waals surface area (Å²) in [7, 11) is 0. The molecule has 1 rings (SSSR count). The van der Waals surface area contributed by atoms with Crippen molar-refractivity contribution in [2.45, 2.75) is 63.6 Å². The third-order valence-electron chi connectivity index (χ3n) is 3.48. The highest BCUT2D eigenvalue weighted by molar-refractivity contribution is 4.91. The van der Waals surface area contributed by atoms with Crippen molar-refractivity contribution in [2.24, 2.45) is 5.92 Å². The van der Waals surface area contributed by atoms with E-state index < -0.39 is 18.2 Å². The molecular weight excluding hydrogens is 205 g/mol. The van der Waals surface area contributed by atoms with Crippen LogP contribution >= 0.6 is 0 Å².